The summed E-state index contributed by atoms with van der Waals surface area (Å²) in [7, 11) is -3.51. The summed E-state index contributed by atoms with van der Waals surface area (Å²) >= 11 is 6.94. The molecule has 0 bridgehead atoms. The Kier molecular flexibility index (Phi) is 4.33. The number of thiophene rings is 1. The van der Waals surface area contributed by atoms with Crippen LogP contribution >= 0.6 is 22.9 Å². The summed E-state index contributed by atoms with van der Waals surface area (Å²) in [5.41, 5.74) is -0.357. The van der Waals surface area contributed by atoms with E-state index in [2.05, 4.69) is 5.32 Å². The molecule has 8 heteroatoms. The minimum atomic E-state index is -3.51. The maximum Gasteiger partial charge on any atom is 0.252 e. The van der Waals surface area contributed by atoms with Crippen molar-refractivity contribution in [1.82, 2.24) is 9.62 Å². The van der Waals surface area contributed by atoms with Crippen LogP contribution in [0.1, 0.15) is 19.3 Å². The first-order valence-electron chi connectivity index (χ1n) is 7.08. The topological polar surface area (TPSA) is 69.6 Å². The molecular weight excluding hydrogens is 332 g/mol. The van der Waals surface area contributed by atoms with E-state index in [4.69, 9.17) is 11.6 Å². The molecule has 5 nitrogen and oxygen atoms in total. The van der Waals surface area contributed by atoms with Crippen LogP contribution in [0.2, 0.25) is 4.34 Å². The molecule has 2 aliphatic heterocycles. The van der Waals surface area contributed by atoms with Crippen LogP contribution in [0, 0.1) is 5.41 Å². The molecule has 0 radical (unpaired) electrons. The Morgan fingerprint density at radius 1 is 1.52 bits per heavy atom. The van der Waals surface area contributed by atoms with E-state index in [0.29, 0.717) is 17.4 Å². The summed E-state index contributed by atoms with van der Waals surface area (Å²) in [5, 5.41) is 13.3. The molecule has 21 heavy (non-hydrogen) atoms. The molecular formula is C13H19ClN2O3S2. The van der Waals surface area contributed by atoms with Crippen LogP contribution in [0.5, 0.6) is 0 Å². The van der Waals surface area contributed by atoms with Crippen LogP contribution < -0.4 is 5.32 Å². The number of fused-ring (bicyclic) bond motifs is 1. The van der Waals surface area contributed by atoms with Crippen LogP contribution in [-0.2, 0) is 10.0 Å². The van der Waals surface area contributed by atoms with Crippen molar-refractivity contribution in [2.24, 2.45) is 5.41 Å². The van der Waals surface area contributed by atoms with E-state index in [0.717, 1.165) is 37.1 Å². The highest BCUT2D eigenvalue weighted by Gasteiger charge is 2.47. The highest BCUT2D eigenvalue weighted by atomic mass is 35.5. The standard InChI is InChI=1S/C13H19ClN2O3S2/c14-11-2-3-12(20-11)21(18,19)16-7-4-10-13(8-16,9-17)5-1-6-15-10/h2-3,10,15,17H,1,4-9H2/t10-,13-/m1/s1. The largest absolute Gasteiger partial charge is 0.396 e. The second-order valence-corrected chi connectivity index (χ2v) is 9.70. The van der Waals surface area contributed by atoms with E-state index in [1.165, 1.54) is 4.31 Å². The molecule has 2 N–H and O–H groups in total. The third-order valence-corrected chi connectivity index (χ3v) is 8.14. The molecule has 2 fully saturated rings. The average Bonchev–Trinajstić information content (AvgIpc) is 2.94. The van der Waals surface area contributed by atoms with Crippen molar-refractivity contribution >= 4 is 33.0 Å². The summed E-state index contributed by atoms with van der Waals surface area (Å²) in [4.78, 5) is 0. The summed E-state index contributed by atoms with van der Waals surface area (Å²) < 4.78 is 27.7. The SMILES string of the molecule is O=S(=O)(c1ccc(Cl)s1)N1CC[C@H]2NCCC[C@]2(CO)C1. The minimum absolute atomic E-state index is 0.0158. The Morgan fingerprint density at radius 2 is 2.33 bits per heavy atom. The molecule has 118 valence electrons. The molecule has 0 aliphatic carbocycles. The van der Waals surface area contributed by atoms with Crippen molar-refractivity contribution in [3.05, 3.63) is 16.5 Å². The van der Waals surface area contributed by atoms with Crippen molar-refractivity contribution in [3.63, 3.8) is 0 Å². The monoisotopic (exact) mass is 350 g/mol. The first-order chi connectivity index (χ1) is 9.98. The third kappa shape index (κ3) is 2.75. The lowest BCUT2D eigenvalue weighted by Crippen LogP contribution is -2.61. The Balaban J connectivity index is 1.87. The predicted octanol–water partition coefficient (Wildman–Crippen LogP) is 1.53. The van der Waals surface area contributed by atoms with E-state index < -0.39 is 10.0 Å². The van der Waals surface area contributed by atoms with Crippen molar-refractivity contribution in [2.75, 3.05) is 26.2 Å². The van der Waals surface area contributed by atoms with Gasteiger partial charge in [0, 0.05) is 24.5 Å². The van der Waals surface area contributed by atoms with Gasteiger partial charge in [0.15, 0.2) is 0 Å². The third-order valence-electron chi connectivity index (χ3n) is 4.60. The summed E-state index contributed by atoms with van der Waals surface area (Å²) in [5.74, 6) is 0. The molecule has 2 aliphatic rings. The van der Waals surface area contributed by atoms with Gasteiger partial charge < -0.3 is 10.4 Å². The number of hydrogen-bond donors (Lipinski definition) is 2. The number of aliphatic hydroxyl groups excluding tert-OH is 1. The van der Waals surface area contributed by atoms with Gasteiger partial charge in [-0.2, -0.15) is 4.31 Å². The van der Waals surface area contributed by atoms with E-state index in [-0.39, 0.29) is 22.3 Å². The fourth-order valence-corrected chi connectivity index (χ4v) is 6.60. The molecule has 0 aromatic carbocycles. The summed E-state index contributed by atoms with van der Waals surface area (Å²) in [6, 6.07) is 3.37. The van der Waals surface area contributed by atoms with Crippen LogP contribution in [0.25, 0.3) is 0 Å². The van der Waals surface area contributed by atoms with E-state index >= 15 is 0 Å². The Bertz CT molecular complexity index is 619. The number of nitrogens with one attached hydrogen (secondary N) is 1. The number of nitrogens with zero attached hydrogens (tertiary/aromatic N) is 1. The average molecular weight is 351 g/mol. The van der Waals surface area contributed by atoms with Gasteiger partial charge in [0.05, 0.1) is 10.9 Å². The fraction of sp³-hybridized carbons (Fsp3) is 0.692. The van der Waals surface area contributed by atoms with E-state index in [1.807, 2.05) is 0 Å². The van der Waals surface area contributed by atoms with Crippen molar-refractivity contribution in [1.29, 1.82) is 0 Å². The first-order valence-corrected chi connectivity index (χ1v) is 9.71. The predicted molar refractivity (Wildman–Crippen MR) is 83.2 cm³/mol. The lowest BCUT2D eigenvalue weighted by atomic mass is 9.71. The zero-order valence-corrected chi connectivity index (χ0v) is 14.0. The van der Waals surface area contributed by atoms with Crippen LogP contribution in [0.3, 0.4) is 0 Å². The van der Waals surface area contributed by atoms with Crippen molar-refractivity contribution < 1.29 is 13.5 Å². The minimum Gasteiger partial charge on any atom is -0.396 e. The Hall–Kier alpha value is -0.180. The van der Waals surface area contributed by atoms with Gasteiger partial charge in [-0.3, -0.25) is 0 Å². The van der Waals surface area contributed by atoms with Gasteiger partial charge in [-0.05, 0) is 37.9 Å². The molecule has 1 aromatic rings. The molecule has 0 unspecified atom stereocenters. The molecule has 0 amide bonds. The lowest BCUT2D eigenvalue weighted by Gasteiger charge is -2.49. The molecule has 3 rings (SSSR count). The van der Waals surface area contributed by atoms with E-state index in [1.54, 1.807) is 12.1 Å². The fourth-order valence-electron chi connectivity index (χ4n) is 3.42. The highest BCUT2D eigenvalue weighted by molar-refractivity contribution is 7.91. The highest BCUT2D eigenvalue weighted by Crippen LogP contribution is 2.39. The number of aliphatic hydroxyl groups is 1. The number of halogens is 1. The Morgan fingerprint density at radius 3 is 3.00 bits per heavy atom. The van der Waals surface area contributed by atoms with Gasteiger partial charge in [-0.15, -0.1) is 11.3 Å². The smallest absolute Gasteiger partial charge is 0.252 e. The van der Waals surface area contributed by atoms with Crippen molar-refractivity contribution in [2.45, 2.75) is 29.5 Å². The number of sulfonamides is 1. The van der Waals surface area contributed by atoms with E-state index in [9.17, 15) is 13.5 Å². The molecule has 0 saturated carbocycles. The zero-order valence-electron chi connectivity index (χ0n) is 11.6. The first kappa shape index (κ1) is 15.7. The van der Waals surface area contributed by atoms with Crippen LogP contribution in [0.15, 0.2) is 16.3 Å². The normalized spacial score (nSPS) is 31.0. The van der Waals surface area contributed by atoms with Gasteiger partial charge in [0.1, 0.15) is 4.21 Å². The van der Waals surface area contributed by atoms with Crippen LogP contribution in [0.4, 0.5) is 0 Å². The lowest BCUT2D eigenvalue weighted by molar-refractivity contribution is 0.00553. The number of piperidine rings is 2. The second-order valence-electron chi connectivity index (χ2n) is 5.82. The molecule has 1 aromatic heterocycles. The van der Waals surface area contributed by atoms with Crippen molar-refractivity contribution in [3.8, 4) is 0 Å². The van der Waals surface area contributed by atoms with Crippen LogP contribution in [-0.4, -0.2) is 50.1 Å². The van der Waals surface area contributed by atoms with Gasteiger partial charge in [0.2, 0.25) is 0 Å². The number of hydrogen-bond acceptors (Lipinski definition) is 5. The number of rotatable bonds is 3. The summed E-state index contributed by atoms with van der Waals surface area (Å²) in [6.07, 6.45) is 2.56. The molecule has 0 spiro atoms. The second kappa shape index (κ2) is 5.79. The van der Waals surface area contributed by atoms with Gasteiger partial charge in [-0.25, -0.2) is 8.42 Å². The van der Waals surface area contributed by atoms with Gasteiger partial charge >= 0.3 is 0 Å². The molecule has 2 atom stereocenters. The maximum atomic E-state index is 12.7. The zero-order chi connectivity index (χ0) is 15.1. The maximum absolute atomic E-state index is 12.7. The summed E-state index contributed by atoms with van der Waals surface area (Å²) in [6.45, 7) is 1.82. The molecule has 3 heterocycles. The Labute approximate surface area is 134 Å². The quantitative estimate of drug-likeness (QED) is 0.867. The molecule has 2 saturated heterocycles. The van der Waals surface area contributed by atoms with Gasteiger partial charge in [-0.1, -0.05) is 11.6 Å². The van der Waals surface area contributed by atoms with Gasteiger partial charge in [0.25, 0.3) is 10.0 Å².